The maximum atomic E-state index is 12.1. The van der Waals surface area contributed by atoms with Crippen LogP contribution in [0, 0.1) is 6.92 Å². The second-order valence-corrected chi connectivity index (χ2v) is 6.89. The fourth-order valence-electron chi connectivity index (χ4n) is 3.62. The van der Waals surface area contributed by atoms with E-state index in [9.17, 15) is 4.79 Å². The van der Waals surface area contributed by atoms with E-state index in [0.29, 0.717) is 18.2 Å². The quantitative estimate of drug-likeness (QED) is 0.754. The van der Waals surface area contributed by atoms with Gasteiger partial charge in [0.25, 0.3) is 5.91 Å². The molecule has 1 aliphatic heterocycles. The molecule has 3 aromatic rings. The minimum atomic E-state index is -0.216. The number of nitrogens with zero attached hydrogens (tertiary/aromatic N) is 3. The largest absolute Gasteiger partial charge is 0.381 e. The van der Waals surface area contributed by atoms with Gasteiger partial charge in [-0.25, -0.2) is 0 Å². The van der Waals surface area contributed by atoms with Crippen LogP contribution in [0.3, 0.4) is 0 Å². The predicted molar refractivity (Wildman–Crippen MR) is 98.0 cm³/mol. The van der Waals surface area contributed by atoms with Crippen LogP contribution in [0.5, 0.6) is 0 Å². The number of aromatic amines is 1. The highest BCUT2D eigenvalue weighted by Gasteiger charge is 2.20. The van der Waals surface area contributed by atoms with Gasteiger partial charge in [-0.1, -0.05) is 11.3 Å². The number of hydrogen-bond acceptors (Lipinski definition) is 4. The highest BCUT2D eigenvalue weighted by molar-refractivity contribution is 5.92. The van der Waals surface area contributed by atoms with Gasteiger partial charge in [-0.2, -0.15) is 0 Å². The molecule has 1 saturated heterocycles. The number of ether oxygens (including phenoxy) is 1. The van der Waals surface area contributed by atoms with Crippen molar-refractivity contribution in [3.8, 4) is 0 Å². The number of H-pyrrole nitrogens is 1. The minimum Gasteiger partial charge on any atom is -0.381 e. The molecule has 7 heteroatoms. The van der Waals surface area contributed by atoms with Crippen LogP contribution in [0.15, 0.2) is 24.4 Å². The maximum absolute atomic E-state index is 12.1. The second-order valence-electron chi connectivity index (χ2n) is 6.89. The van der Waals surface area contributed by atoms with Crippen molar-refractivity contribution in [2.45, 2.75) is 32.2 Å². The van der Waals surface area contributed by atoms with Crippen molar-refractivity contribution in [1.29, 1.82) is 0 Å². The van der Waals surface area contributed by atoms with Gasteiger partial charge in [0.1, 0.15) is 0 Å². The van der Waals surface area contributed by atoms with Gasteiger partial charge in [0.05, 0.1) is 6.20 Å². The Bertz CT molecular complexity index is 937. The van der Waals surface area contributed by atoms with Gasteiger partial charge in [-0.15, -0.1) is 5.10 Å². The molecule has 1 amide bonds. The number of hydrogen-bond donors (Lipinski definition) is 2. The highest BCUT2D eigenvalue weighted by atomic mass is 16.5. The average Bonchev–Trinajstić information content (AvgIpc) is 3.24. The summed E-state index contributed by atoms with van der Waals surface area (Å²) >= 11 is 0. The van der Waals surface area contributed by atoms with Gasteiger partial charge in [0, 0.05) is 49.3 Å². The van der Waals surface area contributed by atoms with E-state index in [-0.39, 0.29) is 5.91 Å². The number of rotatable bonds is 4. The molecule has 2 N–H and O–H groups in total. The summed E-state index contributed by atoms with van der Waals surface area (Å²) in [7, 11) is 1.74. The molecular weight excluding hydrogens is 330 g/mol. The lowest BCUT2D eigenvalue weighted by Crippen LogP contribution is -2.23. The molecule has 1 aromatic carbocycles. The Morgan fingerprint density at radius 1 is 1.38 bits per heavy atom. The van der Waals surface area contributed by atoms with Crippen molar-refractivity contribution >= 4 is 16.8 Å². The first-order valence-electron chi connectivity index (χ1n) is 8.95. The molecule has 0 bridgehead atoms. The zero-order valence-electron chi connectivity index (χ0n) is 15.1. The topological polar surface area (TPSA) is 84.8 Å². The Morgan fingerprint density at radius 2 is 2.19 bits per heavy atom. The number of carbonyl (C=O) groups excluding carboxylic acids is 1. The number of fused-ring (bicyclic) bond motifs is 1. The Hall–Kier alpha value is -2.67. The second kappa shape index (κ2) is 6.92. The number of amides is 1. The summed E-state index contributed by atoms with van der Waals surface area (Å²) in [6.45, 7) is 4.30. The summed E-state index contributed by atoms with van der Waals surface area (Å²) in [6, 6.07) is 6.29. The van der Waals surface area contributed by atoms with E-state index >= 15 is 0 Å². The molecule has 0 unspecified atom stereocenters. The number of nitrogens with one attached hydrogen (secondary N) is 2. The molecule has 3 heterocycles. The maximum Gasteiger partial charge on any atom is 0.273 e. The van der Waals surface area contributed by atoms with Crippen LogP contribution in [-0.2, 0) is 18.3 Å². The molecule has 0 aliphatic carbocycles. The van der Waals surface area contributed by atoms with Gasteiger partial charge in [-0.05, 0) is 43.0 Å². The van der Waals surface area contributed by atoms with Crippen LogP contribution < -0.4 is 5.32 Å². The van der Waals surface area contributed by atoms with Crippen LogP contribution in [0.1, 0.15) is 46.1 Å². The number of carbonyl (C=O) groups is 1. The molecule has 136 valence electrons. The first kappa shape index (κ1) is 16.8. The van der Waals surface area contributed by atoms with Crippen molar-refractivity contribution in [1.82, 2.24) is 25.3 Å². The lowest BCUT2D eigenvalue weighted by Gasteiger charge is -2.21. The third-order valence-electron chi connectivity index (χ3n) is 5.08. The van der Waals surface area contributed by atoms with E-state index in [1.165, 1.54) is 21.3 Å². The molecule has 7 nitrogen and oxygen atoms in total. The van der Waals surface area contributed by atoms with Gasteiger partial charge >= 0.3 is 0 Å². The van der Waals surface area contributed by atoms with Crippen LogP contribution in [0.25, 0.3) is 10.9 Å². The number of aromatic nitrogens is 4. The van der Waals surface area contributed by atoms with E-state index in [0.717, 1.165) is 37.1 Å². The molecule has 0 atom stereocenters. The monoisotopic (exact) mass is 353 g/mol. The first-order valence-corrected chi connectivity index (χ1v) is 8.95. The van der Waals surface area contributed by atoms with E-state index in [2.05, 4.69) is 39.7 Å². The fraction of sp³-hybridized carbons (Fsp3) is 0.421. The first-order chi connectivity index (χ1) is 12.6. The van der Waals surface area contributed by atoms with Crippen molar-refractivity contribution in [2.75, 3.05) is 13.2 Å². The van der Waals surface area contributed by atoms with Crippen LogP contribution in [0.2, 0.25) is 0 Å². The average molecular weight is 353 g/mol. The van der Waals surface area contributed by atoms with Gasteiger partial charge in [0.2, 0.25) is 0 Å². The summed E-state index contributed by atoms with van der Waals surface area (Å²) in [6.07, 6.45) is 3.73. The summed E-state index contributed by atoms with van der Waals surface area (Å²) in [4.78, 5) is 15.7. The van der Waals surface area contributed by atoms with Crippen molar-refractivity contribution < 1.29 is 9.53 Å². The summed E-state index contributed by atoms with van der Waals surface area (Å²) in [5.74, 6) is 0.322. The molecule has 26 heavy (non-hydrogen) atoms. The fourth-order valence-corrected chi connectivity index (χ4v) is 3.62. The number of benzene rings is 1. The van der Waals surface area contributed by atoms with E-state index in [1.807, 2.05) is 6.07 Å². The summed E-state index contributed by atoms with van der Waals surface area (Å²) < 4.78 is 7.00. The van der Waals surface area contributed by atoms with Gasteiger partial charge < -0.3 is 15.0 Å². The zero-order chi connectivity index (χ0) is 18.1. The Labute approximate surface area is 151 Å². The van der Waals surface area contributed by atoms with Crippen LogP contribution in [-0.4, -0.2) is 39.1 Å². The molecule has 0 saturated carbocycles. The number of aryl methyl sites for hydroxylation is 2. The lowest BCUT2D eigenvalue weighted by atomic mass is 9.93. The molecule has 1 aliphatic rings. The Balaban J connectivity index is 1.51. The van der Waals surface area contributed by atoms with Crippen molar-refractivity contribution in [3.05, 3.63) is 46.9 Å². The van der Waals surface area contributed by atoms with Crippen molar-refractivity contribution in [3.63, 3.8) is 0 Å². The molecule has 0 spiro atoms. The molecule has 4 rings (SSSR count). The summed E-state index contributed by atoms with van der Waals surface area (Å²) in [5, 5.41) is 11.7. The molecular formula is C19H23N5O2. The molecule has 1 fully saturated rings. The smallest absolute Gasteiger partial charge is 0.273 e. The highest BCUT2D eigenvalue weighted by Crippen LogP contribution is 2.33. The van der Waals surface area contributed by atoms with Crippen LogP contribution >= 0.6 is 0 Å². The van der Waals surface area contributed by atoms with Gasteiger partial charge in [0.15, 0.2) is 5.69 Å². The van der Waals surface area contributed by atoms with Crippen LogP contribution in [0.4, 0.5) is 0 Å². The third-order valence-corrected chi connectivity index (χ3v) is 5.08. The van der Waals surface area contributed by atoms with E-state index in [1.54, 1.807) is 13.2 Å². The molecule has 0 radical (unpaired) electrons. The lowest BCUT2D eigenvalue weighted by molar-refractivity contribution is 0.0845. The van der Waals surface area contributed by atoms with E-state index in [4.69, 9.17) is 4.74 Å². The van der Waals surface area contributed by atoms with E-state index < -0.39 is 0 Å². The Kier molecular flexibility index (Phi) is 4.46. The Morgan fingerprint density at radius 3 is 2.92 bits per heavy atom. The van der Waals surface area contributed by atoms with Crippen molar-refractivity contribution in [2.24, 2.45) is 7.05 Å². The SMILES string of the molecule is Cc1c(C2CCOCC2)[nH]c2ccc(CNC(=O)c3cn(C)nn3)cc12. The minimum absolute atomic E-state index is 0.216. The molecule has 2 aromatic heterocycles. The summed E-state index contributed by atoms with van der Waals surface area (Å²) in [5.41, 5.74) is 5.16. The third kappa shape index (κ3) is 3.22. The standard InChI is InChI=1S/C19H23N5O2/c1-12-15-9-13(10-20-19(25)17-11-24(2)23-22-17)3-4-16(15)21-18(12)14-5-7-26-8-6-14/h3-4,9,11,14,21H,5-8,10H2,1-2H3,(H,20,25). The van der Waals surface area contributed by atoms with Gasteiger partial charge in [-0.3, -0.25) is 9.48 Å². The zero-order valence-corrected chi connectivity index (χ0v) is 15.1. The predicted octanol–water partition coefficient (Wildman–Crippen LogP) is 2.43. The normalized spacial score (nSPS) is 15.5.